The Morgan fingerprint density at radius 2 is 2.17 bits per heavy atom. The summed E-state index contributed by atoms with van der Waals surface area (Å²) in [7, 11) is 0. The van der Waals surface area contributed by atoms with E-state index in [1.807, 2.05) is 0 Å². The summed E-state index contributed by atoms with van der Waals surface area (Å²) in [6.45, 7) is 0.803. The summed E-state index contributed by atoms with van der Waals surface area (Å²) in [5.74, 6) is 0. The predicted octanol–water partition coefficient (Wildman–Crippen LogP) is 1.70. The van der Waals surface area contributed by atoms with Crippen LogP contribution in [0.2, 0.25) is 0 Å². The molecule has 0 aromatic heterocycles. The molecule has 0 aliphatic rings. The molecule has 0 aromatic rings. The number of halogens is 2. The summed E-state index contributed by atoms with van der Waals surface area (Å²) in [6.07, 6.45) is -0.935. The van der Waals surface area contributed by atoms with Gasteiger partial charge < -0.3 is 0 Å². The molecule has 38 valence electrons. The van der Waals surface area contributed by atoms with Crippen LogP contribution in [-0.4, -0.2) is 12.8 Å². The third-order valence-corrected chi connectivity index (χ3v) is 0.507. The molecule has 0 fully saturated rings. The van der Waals surface area contributed by atoms with Crippen LogP contribution in [0.5, 0.6) is 0 Å². The monoisotopic (exact) mass is 94.1 g/mol. The van der Waals surface area contributed by atoms with E-state index in [2.05, 4.69) is 0 Å². The molecule has 1 unspecified atom stereocenters. The second-order valence-corrected chi connectivity index (χ2v) is 1.26. The van der Waals surface area contributed by atoms with Gasteiger partial charge in [0.1, 0.15) is 0 Å². The highest BCUT2D eigenvalue weighted by Gasteiger charge is 1.92. The van der Waals surface area contributed by atoms with Crippen LogP contribution in [0.1, 0.15) is 13.3 Å². The van der Waals surface area contributed by atoms with Gasteiger partial charge in [0.15, 0.2) is 0 Å². The van der Waals surface area contributed by atoms with Crippen LogP contribution in [0, 0.1) is 0 Å². The Labute approximate surface area is 36.2 Å². The van der Waals surface area contributed by atoms with Crippen molar-refractivity contribution in [3.05, 3.63) is 0 Å². The fraction of sp³-hybridized carbons (Fsp3) is 1.00. The Balaban J connectivity index is 2.63. The van der Waals surface area contributed by atoms with E-state index in [4.69, 9.17) is 0 Å². The maximum absolute atomic E-state index is 11.5. The summed E-state index contributed by atoms with van der Waals surface area (Å²) >= 11 is 0. The van der Waals surface area contributed by atoms with Crippen LogP contribution in [0.4, 0.5) is 8.78 Å². The van der Waals surface area contributed by atoms with E-state index in [1.165, 1.54) is 6.92 Å². The molecule has 2 heteroatoms. The van der Waals surface area contributed by atoms with Gasteiger partial charge in [0.25, 0.3) is 0 Å². The number of rotatable bonds is 2. The standard InChI is InChI=1S/C4H8F2/c1-4(6)2-3-5/h4H,2-3H2,1H3. The minimum Gasteiger partial charge on any atom is -0.251 e. The smallest absolute Gasteiger partial charge is 0.0998 e. The Morgan fingerprint density at radius 3 is 2.17 bits per heavy atom. The van der Waals surface area contributed by atoms with E-state index in [0.717, 1.165) is 0 Å². The van der Waals surface area contributed by atoms with Crippen LogP contribution in [0.3, 0.4) is 0 Å². The summed E-state index contributed by atoms with van der Waals surface area (Å²) in [6, 6.07) is 0. The predicted molar refractivity (Wildman–Crippen MR) is 21.2 cm³/mol. The van der Waals surface area contributed by atoms with Crippen molar-refractivity contribution in [1.82, 2.24) is 0 Å². The zero-order valence-electron chi connectivity index (χ0n) is 3.75. The Bertz CT molecular complexity index is 26.7. The van der Waals surface area contributed by atoms with Gasteiger partial charge in [-0.2, -0.15) is 0 Å². The first-order valence-corrected chi connectivity index (χ1v) is 1.97. The second-order valence-electron chi connectivity index (χ2n) is 1.26. The molecule has 0 aromatic carbocycles. The van der Waals surface area contributed by atoms with Crippen molar-refractivity contribution in [1.29, 1.82) is 0 Å². The van der Waals surface area contributed by atoms with Gasteiger partial charge in [-0.25, -0.2) is 4.39 Å². The lowest BCUT2D eigenvalue weighted by Gasteiger charge is -1.89. The van der Waals surface area contributed by atoms with Crippen LogP contribution in [0.25, 0.3) is 0 Å². The van der Waals surface area contributed by atoms with Crippen molar-refractivity contribution in [3.8, 4) is 0 Å². The van der Waals surface area contributed by atoms with Crippen molar-refractivity contribution in [2.45, 2.75) is 19.5 Å². The number of hydrogen-bond donors (Lipinski definition) is 0. The maximum Gasteiger partial charge on any atom is 0.0998 e. The molecule has 6 heavy (non-hydrogen) atoms. The highest BCUT2D eigenvalue weighted by Crippen LogP contribution is 1.93. The second kappa shape index (κ2) is 3.07. The molecule has 0 saturated carbocycles. The van der Waals surface area contributed by atoms with E-state index in [0.29, 0.717) is 0 Å². The lowest BCUT2D eigenvalue weighted by atomic mass is 10.3. The molecule has 0 aliphatic carbocycles. The quantitative estimate of drug-likeness (QED) is 0.488. The molecule has 0 radical (unpaired) electrons. The maximum atomic E-state index is 11.5. The molecule has 0 spiro atoms. The van der Waals surface area contributed by atoms with Gasteiger partial charge in [0.2, 0.25) is 0 Å². The van der Waals surface area contributed by atoms with E-state index in [-0.39, 0.29) is 6.42 Å². The topological polar surface area (TPSA) is 0 Å². The molecule has 0 aliphatic heterocycles. The highest BCUT2D eigenvalue weighted by atomic mass is 19.1. The van der Waals surface area contributed by atoms with Gasteiger partial charge in [-0.15, -0.1) is 0 Å². The third kappa shape index (κ3) is 3.86. The highest BCUT2D eigenvalue weighted by molar-refractivity contribution is 4.41. The number of hydrogen-bond acceptors (Lipinski definition) is 0. The van der Waals surface area contributed by atoms with Crippen molar-refractivity contribution < 1.29 is 8.78 Å². The zero-order chi connectivity index (χ0) is 4.99. The molecule has 0 amide bonds. The average Bonchev–Trinajstić information content (AvgIpc) is 1.35. The first kappa shape index (κ1) is 5.86. The molecular weight excluding hydrogens is 86.0 g/mol. The third-order valence-electron chi connectivity index (χ3n) is 0.507. The summed E-state index contributed by atoms with van der Waals surface area (Å²) in [5, 5.41) is 0. The van der Waals surface area contributed by atoms with Crippen LogP contribution >= 0.6 is 0 Å². The van der Waals surface area contributed by atoms with E-state index >= 15 is 0 Å². The lowest BCUT2D eigenvalue weighted by Crippen LogP contribution is -1.91. The number of alkyl halides is 2. The zero-order valence-corrected chi connectivity index (χ0v) is 3.75. The first-order valence-electron chi connectivity index (χ1n) is 1.97. The fourth-order valence-electron chi connectivity index (χ4n) is 0.150. The molecule has 0 nitrogen and oxygen atoms in total. The van der Waals surface area contributed by atoms with Gasteiger partial charge in [-0.1, -0.05) is 0 Å². The largest absolute Gasteiger partial charge is 0.251 e. The molecule has 0 N–H and O–H groups in total. The van der Waals surface area contributed by atoms with Crippen molar-refractivity contribution in [2.75, 3.05) is 6.67 Å². The first-order chi connectivity index (χ1) is 2.77. The summed E-state index contributed by atoms with van der Waals surface area (Å²) in [5.41, 5.74) is 0. The van der Waals surface area contributed by atoms with Crippen LogP contribution in [0.15, 0.2) is 0 Å². The van der Waals surface area contributed by atoms with E-state index < -0.39 is 12.8 Å². The van der Waals surface area contributed by atoms with Gasteiger partial charge >= 0.3 is 0 Å². The van der Waals surface area contributed by atoms with Crippen LogP contribution < -0.4 is 0 Å². The fourth-order valence-corrected chi connectivity index (χ4v) is 0.150. The molecule has 1 atom stereocenters. The van der Waals surface area contributed by atoms with Crippen molar-refractivity contribution in [3.63, 3.8) is 0 Å². The van der Waals surface area contributed by atoms with E-state index in [1.54, 1.807) is 0 Å². The SMILES string of the molecule is CC(F)CCF. The Kier molecular flexibility index (Phi) is 2.99. The minimum atomic E-state index is -0.977. The minimum absolute atomic E-state index is 0.0417. The lowest BCUT2D eigenvalue weighted by molar-refractivity contribution is 0.305. The van der Waals surface area contributed by atoms with Crippen molar-refractivity contribution in [2.24, 2.45) is 0 Å². The van der Waals surface area contributed by atoms with Gasteiger partial charge in [-0.3, -0.25) is 4.39 Å². The molecular formula is C4H8F2. The summed E-state index contributed by atoms with van der Waals surface area (Å²) in [4.78, 5) is 0. The van der Waals surface area contributed by atoms with Crippen LogP contribution in [-0.2, 0) is 0 Å². The molecule has 0 heterocycles. The molecule has 0 saturated heterocycles. The van der Waals surface area contributed by atoms with Gasteiger partial charge in [-0.05, 0) is 6.92 Å². The van der Waals surface area contributed by atoms with E-state index in [9.17, 15) is 8.78 Å². The normalized spacial score (nSPS) is 14.5. The van der Waals surface area contributed by atoms with Gasteiger partial charge in [0.05, 0.1) is 12.8 Å². The Hall–Kier alpha value is -0.140. The molecule has 0 rings (SSSR count). The average molecular weight is 94.1 g/mol. The molecule has 0 bridgehead atoms. The van der Waals surface area contributed by atoms with Gasteiger partial charge in [0, 0.05) is 6.42 Å². The summed E-state index contributed by atoms with van der Waals surface area (Å²) < 4.78 is 22.5. The van der Waals surface area contributed by atoms with Crippen molar-refractivity contribution >= 4 is 0 Å². The Morgan fingerprint density at radius 1 is 1.67 bits per heavy atom.